The quantitative estimate of drug-likeness (QED) is 0.927. The SMILES string of the molecule is CCN(CC(C)C)C(=O)c1ccc(Br)cc1O. The minimum absolute atomic E-state index is 0.0200. The fourth-order valence-corrected chi connectivity index (χ4v) is 2.00. The number of carbonyl (C=O) groups excluding carboxylic acids is 1. The highest BCUT2D eigenvalue weighted by Gasteiger charge is 2.18. The van der Waals surface area contributed by atoms with Gasteiger partial charge in [-0.2, -0.15) is 0 Å². The summed E-state index contributed by atoms with van der Waals surface area (Å²) < 4.78 is 0.762. The Hall–Kier alpha value is -1.03. The smallest absolute Gasteiger partial charge is 0.257 e. The number of phenolic OH excluding ortho intramolecular Hbond substituents is 1. The van der Waals surface area contributed by atoms with Gasteiger partial charge in [0.1, 0.15) is 5.75 Å². The maximum atomic E-state index is 12.2. The highest BCUT2D eigenvalue weighted by Crippen LogP contribution is 2.23. The molecule has 0 aliphatic carbocycles. The molecule has 0 saturated carbocycles. The molecular weight excluding hydrogens is 282 g/mol. The molecule has 0 saturated heterocycles. The standard InChI is InChI=1S/C13H18BrNO2/c1-4-15(8-9(2)3)13(17)11-6-5-10(14)7-12(11)16/h5-7,9,16H,4,8H2,1-3H3. The van der Waals surface area contributed by atoms with Crippen molar-refractivity contribution in [2.24, 2.45) is 5.92 Å². The van der Waals surface area contributed by atoms with Gasteiger partial charge in [0.15, 0.2) is 0 Å². The Morgan fingerprint density at radius 2 is 2.12 bits per heavy atom. The molecule has 0 aromatic heterocycles. The largest absolute Gasteiger partial charge is 0.507 e. The van der Waals surface area contributed by atoms with E-state index in [1.807, 2.05) is 6.92 Å². The summed E-state index contributed by atoms with van der Waals surface area (Å²) >= 11 is 3.25. The first kappa shape index (κ1) is 14.0. The second kappa shape index (κ2) is 6.05. The first-order chi connectivity index (χ1) is 7.95. The summed E-state index contributed by atoms with van der Waals surface area (Å²) in [5, 5.41) is 9.76. The molecule has 4 heteroatoms. The lowest BCUT2D eigenvalue weighted by molar-refractivity contribution is 0.0742. The van der Waals surface area contributed by atoms with E-state index in [1.165, 1.54) is 6.07 Å². The van der Waals surface area contributed by atoms with Crippen LogP contribution in [0.5, 0.6) is 5.75 Å². The number of aromatic hydroxyl groups is 1. The van der Waals surface area contributed by atoms with Gasteiger partial charge in [-0.05, 0) is 31.0 Å². The number of phenols is 1. The molecule has 3 nitrogen and oxygen atoms in total. The van der Waals surface area contributed by atoms with Gasteiger partial charge in [-0.15, -0.1) is 0 Å². The predicted octanol–water partition coefficient (Wildman–Crippen LogP) is 3.27. The normalized spacial score (nSPS) is 10.6. The number of amides is 1. The summed E-state index contributed by atoms with van der Waals surface area (Å²) in [6, 6.07) is 4.94. The summed E-state index contributed by atoms with van der Waals surface area (Å²) in [6.07, 6.45) is 0. The predicted molar refractivity (Wildman–Crippen MR) is 72.2 cm³/mol. The van der Waals surface area contributed by atoms with Crippen LogP contribution in [-0.2, 0) is 0 Å². The topological polar surface area (TPSA) is 40.5 Å². The van der Waals surface area contributed by atoms with E-state index in [4.69, 9.17) is 0 Å². The summed E-state index contributed by atoms with van der Waals surface area (Å²) in [5.41, 5.74) is 0.357. The van der Waals surface area contributed by atoms with E-state index in [9.17, 15) is 9.90 Å². The second-order valence-electron chi connectivity index (χ2n) is 4.40. The molecule has 1 amide bonds. The Balaban J connectivity index is 2.93. The third kappa shape index (κ3) is 3.73. The molecule has 0 unspecified atom stereocenters. The minimum Gasteiger partial charge on any atom is -0.507 e. The van der Waals surface area contributed by atoms with Crippen molar-refractivity contribution < 1.29 is 9.90 Å². The van der Waals surface area contributed by atoms with Crippen LogP contribution in [0.2, 0.25) is 0 Å². The molecule has 1 aromatic rings. The molecule has 1 N–H and O–H groups in total. The van der Waals surface area contributed by atoms with E-state index in [2.05, 4.69) is 29.8 Å². The molecule has 1 rings (SSSR count). The van der Waals surface area contributed by atoms with Crippen molar-refractivity contribution in [2.45, 2.75) is 20.8 Å². The van der Waals surface area contributed by atoms with Gasteiger partial charge in [-0.25, -0.2) is 0 Å². The van der Waals surface area contributed by atoms with Crippen LogP contribution in [-0.4, -0.2) is 29.0 Å². The van der Waals surface area contributed by atoms with E-state index in [-0.39, 0.29) is 11.7 Å². The summed E-state index contributed by atoms with van der Waals surface area (Å²) in [5.74, 6) is 0.314. The van der Waals surface area contributed by atoms with Gasteiger partial charge in [0.2, 0.25) is 0 Å². The Morgan fingerprint density at radius 1 is 1.47 bits per heavy atom. The number of hydrogen-bond donors (Lipinski definition) is 1. The summed E-state index contributed by atoms with van der Waals surface area (Å²) in [7, 11) is 0. The molecule has 0 spiro atoms. The van der Waals surface area contributed by atoms with Gasteiger partial charge < -0.3 is 10.0 Å². The van der Waals surface area contributed by atoms with Gasteiger partial charge in [0, 0.05) is 17.6 Å². The molecule has 94 valence electrons. The average molecular weight is 300 g/mol. The highest BCUT2D eigenvalue weighted by molar-refractivity contribution is 9.10. The number of nitrogens with zero attached hydrogens (tertiary/aromatic N) is 1. The van der Waals surface area contributed by atoms with Crippen molar-refractivity contribution in [1.29, 1.82) is 0 Å². The summed E-state index contributed by atoms with van der Waals surface area (Å²) in [4.78, 5) is 13.9. The number of hydrogen-bond acceptors (Lipinski definition) is 2. The van der Waals surface area contributed by atoms with Crippen LogP contribution in [0.1, 0.15) is 31.1 Å². The lowest BCUT2D eigenvalue weighted by Crippen LogP contribution is -2.34. The lowest BCUT2D eigenvalue weighted by atomic mass is 10.1. The number of rotatable bonds is 4. The third-order valence-corrected chi connectivity index (χ3v) is 2.94. The first-order valence-electron chi connectivity index (χ1n) is 5.73. The van der Waals surface area contributed by atoms with Gasteiger partial charge >= 0.3 is 0 Å². The van der Waals surface area contributed by atoms with Crippen LogP contribution < -0.4 is 0 Å². The van der Waals surface area contributed by atoms with Crippen molar-refractivity contribution in [1.82, 2.24) is 4.90 Å². The van der Waals surface area contributed by atoms with E-state index in [0.717, 1.165) is 4.47 Å². The Labute approximate surface area is 111 Å². The number of halogens is 1. The van der Waals surface area contributed by atoms with Crippen LogP contribution in [0.4, 0.5) is 0 Å². The fourth-order valence-electron chi connectivity index (χ4n) is 1.65. The average Bonchev–Trinajstić information content (AvgIpc) is 2.24. The molecule has 17 heavy (non-hydrogen) atoms. The van der Waals surface area contributed by atoms with Crippen LogP contribution in [0.3, 0.4) is 0 Å². The van der Waals surface area contributed by atoms with E-state index < -0.39 is 0 Å². The zero-order chi connectivity index (χ0) is 13.0. The minimum atomic E-state index is -0.119. The monoisotopic (exact) mass is 299 g/mol. The van der Waals surface area contributed by atoms with Gasteiger partial charge in [0.25, 0.3) is 5.91 Å². The second-order valence-corrected chi connectivity index (χ2v) is 5.31. The van der Waals surface area contributed by atoms with Crippen molar-refractivity contribution >= 4 is 21.8 Å². The number of carbonyl (C=O) groups is 1. The highest BCUT2D eigenvalue weighted by atomic mass is 79.9. The molecule has 0 radical (unpaired) electrons. The molecule has 0 fully saturated rings. The van der Waals surface area contributed by atoms with E-state index in [1.54, 1.807) is 17.0 Å². The Kier molecular flexibility index (Phi) is 5.00. The molecule has 0 aliphatic heterocycles. The van der Waals surface area contributed by atoms with Crippen LogP contribution in [0.25, 0.3) is 0 Å². The van der Waals surface area contributed by atoms with Crippen molar-refractivity contribution in [3.8, 4) is 5.75 Å². The molecule has 1 aromatic carbocycles. The van der Waals surface area contributed by atoms with Crippen molar-refractivity contribution in [3.05, 3.63) is 28.2 Å². The van der Waals surface area contributed by atoms with Gasteiger partial charge in [-0.3, -0.25) is 4.79 Å². The third-order valence-electron chi connectivity index (χ3n) is 2.44. The molecular formula is C13H18BrNO2. The van der Waals surface area contributed by atoms with Crippen LogP contribution >= 0.6 is 15.9 Å². The van der Waals surface area contributed by atoms with Crippen molar-refractivity contribution in [3.63, 3.8) is 0 Å². The van der Waals surface area contributed by atoms with Gasteiger partial charge in [-0.1, -0.05) is 29.8 Å². The lowest BCUT2D eigenvalue weighted by Gasteiger charge is -2.23. The molecule has 0 atom stereocenters. The first-order valence-corrected chi connectivity index (χ1v) is 6.52. The van der Waals surface area contributed by atoms with Crippen molar-refractivity contribution in [2.75, 3.05) is 13.1 Å². The zero-order valence-electron chi connectivity index (χ0n) is 10.4. The van der Waals surface area contributed by atoms with Crippen LogP contribution in [0, 0.1) is 5.92 Å². The Morgan fingerprint density at radius 3 is 2.59 bits per heavy atom. The molecule has 0 aliphatic rings. The Bertz CT molecular complexity index is 404. The van der Waals surface area contributed by atoms with Gasteiger partial charge in [0.05, 0.1) is 5.56 Å². The van der Waals surface area contributed by atoms with Crippen LogP contribution in [0.15, 0.2) is 22.7 Å². The van der Waals surface area contributed by atoms with E-state index in [0.29, 0.717) is 24.6 Å². The number of benzene rings is 1. The maximum Gasteiger partial charge on any atom is 0.257 e. The molecule has 0 heterocycles. The maximum absolute atomic E-state index is 12.2. The zero-order valence-corrected chi connectivity index (χ0v) is 12.0. The van der Waals surface area contributed by atoms with E-state index >= 15 is 0 Å². The molecule has 0 bridgehead atoms. The fraction of sp³-hybridized carbons (Fsp3) is 0.462. The summed E-state index contributed by atoms with van der Waals surface area (Å²) in [6.45, 7) is 7.42.